The second-order valence-electron chi connectivity index (χ2n) is 7.10. The molecule has 1 aliphatic carbocycles. The van der Waals surface area contributed by atoms with E-state index in [9.17, 15) is 0 Å². The number of methoxy groups -OCH3 is 1. The SMILES string of the molecule is CCNC(=NCc1ccc(COCC)cc1)NCC1(CCOC)CCC1. The van der Waals surface area contributed by atoms with E-state index >= 15 is 0 Å². The van der Waals surface area contributed by atoms with Crippen LogP contribution in [-0.2, 0) is 22.6 Å². The summed E-state index contributed by atoms with van der Waals surface area (Å²) in [5.74, 6) is 0.898. The molecule has 146 valence electrons. The molecule has 1 saturated carbocycles. The number of aliphatic imine (C=N–C) groups is 1. The van der Waals surface area contributed by atoms with Crippen molar-refractivity contribution in [2.45, 2.75) is 52.7 Å². The summed E-state index contributed by atoms with van der Waals surface area (Å²) in [7, 11) is 1.78. The summed E-state index contributed by atoms with van der Waals surface area (Å²) in [6.45, 7) is 8.88. The second kappa shape index (κ2) is 11.2. The van der Waals surface area contributed by atoms with Gasteiger partial charge in [-0.25, -0.2) is 4.99 Å². The van der Waals surface area contributed by atoms with Crippen LogP contribution in [0.25, 0.3) is 0 Å². The lowest BCUT2D eigenvalue weighted by atomic mass is 9.67. The molecule has 0 unspecified atom stereocenters. The van der Waals surface area contributed by atoms with Gasteiger partial charge in [-0.05, 0) is 49.7 Å². The molecule has 2 rings (SSSR count). The quantitative estimate of drug-likeness (QED) is 0.468. The summed E-state index contributed by atoms with van der Waals surface area (Å²) in [5, 5.41) is 6.90. The van der Waals surface area contributed by atoms with Crippen molar-refractivity contribution in [2.75, 3.05) is 33.4 Å². The molecule has 0 heterocycles. The zero-order valence-corrected chi connectivity index (χ0v) is 16.6. The Balaban J connectivity index is 1.87. The smallest absolute Gasteiger partial charge is 0.191 e. The van der Waals surface area contributed by atoms with Crippen molar-refractivity contribution in [3.8, 4) is 0 Å². The highest BCUT2D eigenvalue weighted by molar-refractivity contribution is 5.79. The van der Waals surface area contributed by atoms with Gasteiger partial charge in [0.15, 0.2) is 5.96 Å². The van der Waals surface area contributed by atoms with Gasteiger partial charge < -0.3 is 20.1 Å². The van der Waals surface area contributed by atoms with Crippen molar-refractivity contribution < 1.29 is 9.47 Å². The summed E-state index contributed by atoms with van der Waals surface area (Å²) in [6.07, 6.45) is 5.01. The van der Waals surface area contributed by atoms with Crippen LogP contribution in [-0.4, -0.2) is 39.4 Å². The Morgan fingerprint density at radius 2 is 1.85 bits per heavy atom. The lowest BCUT2D eigenvalue weighted by Crippen LogP contribution is -2.46. The molecule has 0 aromatic heterocycles. The number of ether oxygens (including phenoxy) is 2. The maximum atomic E-state index is 5.44. The lowest BCUT2D eigenvalue weighted by Gasteiger charge is -2.42. The van der Waals surface area contributed by atoms with E-state index in [-0.39, 0.29) is 0 Å². The van der Waals surface area contributed by atoms with Crippen LogP contribution in [0.1, 0.15) is 50.7 Å². The van der Waals surface area contributed by atoms with Gasteiger partial charge in [-0.15, -0.1) is 0 Å². The third kappa shape index (κ3) is 6.61. The molecule has 0 amide bonds. The Kier molecular flexibility index (Phi) is 8.92. The predicted molar refractivity (Wildman–Crippen MR) is 107 cm³/mol. The van der Waals surface area contributed by atoms with Gasteiger partial charge in [0.05, 0.1) is 13.2 Å². The summed E-state index contributed by atoms with van der Waals surface area (Å²) in [5.41, 5.74) is 2.79. The molecule has 0 saturated heterocycles. The summed E-state index contributed by atoms with van der Waals surface area (Å²) >= 11 is 0. The summed E-state index contributed by atoms with van der Waals surface area (Å²) < 4.78 is 10.7. The van der Waals surface area contributed by atoms with Gasteiger partial charge in [-0.1, -0.05) is 30.7 Å². The first-order chi connectivity index (χ1) is 12.7. The van der Waals surface area contributed by atoms with Gasteiger partial charge in [0.2, 0.25) is 0 Å². The summed E-state index contributed by atoms with van der Waals surface area (Å²) in [4.78, 5) is 4.75. The number of benzene rings is 1. The predicted octanol–water partition coefficient (Wildman–Crippen LogP) is 3.49. The van der Waals surface area contributed by atoms with Crippen LogP contribution >= 0.6 is 0 Å². The van der Waals surface area contributed by atoms with Crippen molar-refractivity contribution in [1.82, 2.24) is 10.6 Å². The van der Waals surface area contributed by atoms with Crippen LogP contribution in [0.5, 0.6) is 0 Å². The molecule has 0 spiro atoms. The Morgan fingerprint density at radius 3 is 2.42 bits per heavy atom. The van der Waals surface area contributed by atoms with Crippen LogP contribution in [0, 0.1) is 5.41 Å². The molecule has 0 atom stereocenters. The minimum absolute atomic E-state index is 0.382. The average molecular weight is 362 g/mol. The first-order valence-electron chi connectivity index (χ1n) is 9.88. The normalized spacial score (nSPS) is 16.2. The summed E-state index contributed by atoms with van der Waals surface area (Å²) in [6, 6.07) is 8.50. The highest BCUT2D eigenvalue weighted by Crippen LogP contribution is 2.43. The minimum Gasteiger partial charge on any atom is -0.385 e. The van der Waals surface area contributed by atoms with Crippen molar-refractivity contribution in [3.63, 3.8) is 0 Å². The van der Waals surface area contributed by atoms with Gasteiger partial charge in [-0.2, -0.15) is 0 Å². The number of rotatable bonds is 11. The van der Waals surface area contributed by atoms with Gasteiger partial charge >= 0.3 is 0 Å². The van der Waals surface area contributed by atoms with Crippen LogP contribution in [0.4, 0.5) is 0 Å². The molecule has 0 aliphatic heterocycles. The molecule has 5 nitrogen and oxygen atoms in total. The van der Waals surface area contributed by atoms with Crippen LogP contribution in [0.15, 0.2) is 29.3 Å². The molecule has 5 heteroatoms. The zero-order chi connectivity index (χ0) is 18.7. The highest BCUT2D eigenvalue weighted by Gasteiger charge is 2.36. The molecule has 1 aromatic rings. The number of nitrogens with one attached hydrogen (secondary N) is 2. The Labute approximate surface area is 158 Å². The van der Waals surface area contributed by atoms with E-state index in [4.69, 9.17) is 14.5 Å². The molecule has 26 heavy (non-hydrogen) atoms. The topological polar surface area (TPSA) is 54.9 Å². The standard InChI is InChI=1S/C21H35N3O2/c1-4-22-20(24-17-21(11-6-12-21)13-14-25-3)23-15-18-7-9-19(10-8-18)16-26-5-2/h7-10H,4-6,11-17H2,1-3H3,(H2,22,23,24). The Bertz CT molecular complexity index is 539. The van der Waals surface area contributed by atoms with Crippen LogP contribution < -0.4 is 10.6 Å². The fraction of sp³-hybridized carbons (Fsp3) is 0.667. The third-order valence-electron chi connectivity index (χ3n) is 5.14. The largest absolute Gasteiger partial charge is 0.385 e. The van der Waals surface area contributed by atoms with E-state index in [1.807, 2.05) is 6.92 Å². The minimum atomic E-state index is 0.382. The van der Waals surface area contributed by atoms with Gasteiger partial charge in [0.1, 0.15) is 0 Å². The van der Waals surface area contributed by atoms with Gasteiger partial charge in [0, 0.05) is 33.4 Å². The lowest BCUT2D eigenvalue weighted by molar-refractivity contribution is 0.0732. The van der Waals surface area contributed by atoms with E-state index in [2.05, 4.69) is 41.8 Å². The van der Waals surface area contributed by atoms with E-state index in [0.29, 0.717) is 18.6 Å². The molecule has 1 fully saturated rings. The maximum absolute atomic E-state index is 5.44. The molecular formula is C21H35N3O2. The average Bonchev–Trinajstić information content (AvgIpc) is 2.64. The van der Waals surface area contributed by atoms with Gasteiger partial charge in [0.25, 0.3) is 0 Å². The molecule has 2 N–H and O–H groups in total. The van der Waals surface area contributed by atoms with Crippen molar-refractivity contribution in [2.24, 2.45) is 10.4 Å². The van der Waals surface area contributed by atoms with E-state index in [0.717, 1.165) is 38.7 Å². The monoisotopic (exact) mass is 361 g/mol. The van der Waals surface area contributed by atoms with Crippen LogP contribution in [0.3, 0.4) is 0 Å². The second-order valence-corrected chi connectivity index (χ2v) is 7.10. The number of hydrogen-bond donors (Lipinski definition) is 2. The maximum Gasteiger partial charge on any atom is 0.191 e. The number of hydrogen-bond acceptors (Lipinski definition) is 3. The zero-order valence-electron chi connectivity index (χ0n) is 16.6. The van der Waals surface area contributed by atoms with Gasteiger partial charge in [-0.3, -0.25) is 0 Å². The molecular weight excluding hydrogens is 326 g/mol. The Morgan fingerprint density at radius 1 is 1.12 bits per heavy atom. The fourth-order valence-electron chi connectivity index (χ4n) is 3.25. The van der Waals surface area contributed by atoms with E-state index < -0.39 is 0 Å². The Hall–Kier alpha value is -1.59. The molecule has 1 aromatic carbocycles. The fourth-order valence-corrected chi connectivity index (χ4v) is 3.25. The number of nitrogens with zero attached hydrogens (tertiary/aromatic N) is 1. The number of guanidine groups is 1. The van der Waals surface area contributed by atoms with Crippen molar-refractivity contribution in [1.29, 1.82) is 0 Å². The first kappa shape index (κ1) is 20.7. The van der Waals surface area contributed by atoms with Crippen molar-refractivity contribution in [3.05, 3.63) is 35.4 Å². The highest BCUT2D eigenvalue weighted by atomic mass is 16.5. The van der Waals surface area contributed by atoms with Crippen LogP contribution in [0.2, 0.25) is 0 Å². The first-order valence-corrected chi connectivity index (χ1v) is 9.88. The molecule has 0 radical (unpaired) electrons. The third-order valence-corrected chi connectivity index (χ3v) is 5.14. The van der Waals surface area contributed by atoms with E-state index in [1.54, 1.807) is 7.11 Å². The molecule has 1 aliphatic rings. The van der Waals surface area contributed by atoms with Crippen molar-refractivity contribution >= 4 is 5.96 Å². The van der Waals surface area contributed by atoms with E-state index in [1.165, 1.54) is 30.4 Å². The molecule has 0 bridgehead atoms.